The van der Waals surface area contributed by atoms with E-state index >= 15 is 0 Å². The molecule has 0 amide bonds. The molecular formula is C19H29NO3. The first kappa shape index (κ1) is 18.0. The van der Waals surface area contributed by atoms with E-state index in [1.807, 2.05) is 4.90 Å². The number of carbonyl (C=O) groups is 1. The summed E-state index contributed by atoms with van der Waals surface area (Å²) in [5.41, 5.74) is 3.89. The Morgan fingerprint density at radius 2 is 2.09 bits per heavy atom. The minimum absolute atomic E-state index is 0.123. The summed E-state index contributed by atoms with van der Waals surface area (Å²) in [4.78, 5) is 14.0. The molecule has 2 rings (SSSR count). The quantitative estimate of drug-likeness (QED) is 0.871. The molecule has 0 unspecified atom stereocenters. The molecule has 1 N–H and O–H groups in total. The van der Waals surface area contributed by atoms with Crippen LogP contribution in [0.4, 0.5) is 0 Å². The Hall–Kier alpha value is -1.39. The number of piperidine rings is 1. The van der Waals surface area contributed by atoms with Crippen LogP contribution < -0.4 is 0 Å². The molecule has 0 bridgehead atoms. The number of esters is 1. The van der Waals surface area contributed by atoms with Crippen LogP contribution in [-0.4, -0.2) is 41.8 Å². The molecule has 23 heavy (non-hydrogen) atoms. The fourth-order valence-corrected chi connectivity index (χ4v) is 3.55. The highest BCUT2D eigenvalue weighted by atomic mass is 16.5. The molecule has 0 aromatic heterocycles. The van der Waals surface area contributed by atoms with Gasteiger partial charge in [-0.3, -0.25) is 9.69 Å². The van der Waals surface area contributed by atoms with Gasteiger partial charge in [-0.05, 0) is 48.4 Å². The number of nitrogens with zero attached hydrogens (tertiary/aromatic N) is 1. The predicted octanol–water partition coefficient (Wildman–Crippen LogP) is 2.79. The van der Waals surface area contributed by atoms with Gasteiger partial charge in [-0.25, -0.2) is 0 Å². The van der Waals surface area contributed by atoms with Gasteiger partial charge in [0.15, 0.2) is 0 Å². The molecule has 1 aliphatic rings. The normalized spacial score (nSPS) is 22.9. The fourth-order valence-electron chi connectivity index (χ4n) is 3.55. The highest BCUT2D eigenvalue weighted by Gasteiger charge is 2.36. The van der Waals surface area contributed by atoms with Gasteiger partial charge in [0.2, 0.25) is 0 Å². The number of hydrogen-bond donors (Lipinski definition) is 1. The molecule has 4 heteroatoms. The Balaban J connectivity index is 2.20. The molecule has 4 nitrogen and oxygen atoms in total. The largest absolute Gasteiger partial charge is 0.468 e. The Morgan fingerprint density at radius 3 is 2.65 bits per heavy atom. The lowest BCUT2D eigenvalue weighted by Gasteiger charge is -2.37. The topological polar surface area (TPSA) is 49.8 Å². The summed E-state index contributed by atoms with van der Waals surface area (Å²) in [6.07, 6.45) is 0.901. The van der Waals surface area contributed by atoms with Crippen LogP contribution in [-0.2, 0) is 21.5 Å². The summed E-state index contributed by atoms with van der Waals surface area (Å²) in [6.45, 7) is 10.2. The Bertz CT molecular complexity index is 562. The summed E-state index contributed by atoms with van der Waals surface area (Å²) in [7, 11) is 1.38. The average molecular weight is 319 g/mol. The molecule has 0 aliphatic carbocycles. The van der Waals surface area contributed by atoms with Gasteiger partial charge in [0.05, 0.1) is 13.2 Å². The molecule has 1 saturated heterocycles. The van der Waals surface area contributed by atoms with Gasteiger partial charge in [-0.1, -0.05) is 39.0 Å². The number of likely N-dealkylation sites (tertiary alicyclic amines) is 1. The van der Waals surface area contributed by atoms with E-state index in [9.17, 15) is 9.90 Å². The van der Waals surface area contributed by atoms with Crippen LogP contribution in [0.2, 0.25) is 0 Å². The van der Waals surface area contributed by atoms with E-state index in [2.05, 4.69) is 45.9 Å². The summed E-state index contributed by atoms with van der Waals surface area (Å²) in [5.74, 6) is -0.347. The van der Waals surface area contributed by atoms with E-state index in [1.54, 1.807) is 0 Å². The van der Waals surface area contributed by atoms with Crippen molar-refractivity contribution in [2.75, 3.05) is 13.7 Å². The molecule has 1 aromatic carbocycles. The monoisotopic (exact) mass is 319 g/mol. The van der Waals surface area contributed by atoms with Crippen molar-refractivity contribution in [1.29, 1.82) is 0 Å². The van der Waals surface area contributed by atoms with E-state index < -0.39 is 12.1 Å². The molecule has 1 aromatic rings. The van der Waals surface area contributed by atoms with Crippen molar-refractivity contribution in [3.8, 4) is 0 Å². The zero-order chi connectivity index (χ0) is 17.2. The Kier molecular flexibility index (Phi) is 5.48. The number of carbonyl (C=O) groups excluding carboxylic acids is 1. The molecule has 1 heterocycles. The first-order valence-electron chi connectivity index (χ1n) is 8.34. The van der Waals surface area contributed by atoms with Crippen molar-refractivity contribution in [1.82, 2.24) is 4.90 Å². The first-order valence-corrected chi connectivity index (χ1v) is 8.34. The van der Waals surface area contributed by atoms with Crippen LogP contribution in [0.25, 0.3) is 0 Å². The highest BCUT2D eigenvalue weighted by molar-refractivity contribution is 5.76. The highest BCUT2D eigenvalue weighted by Crippen LogP contribution is 2.27. The smallest absolute Gasteiger partial charge is 0.325 e. The van der Waals surface area contributed by atoms with E-state index in [-0.39, 0.29) is 11.4 Å². The van der Waals surface area contributed by atoms with E-state index in [1.165, 1.54) is 23.8 Å². The van der Waals surface area contributed by atoms with Crippen molar-refractivity contribution in [3.63, 3.8) is 0 Å². The number of aliphatic hydroxyl groups excluding tert-OH is 1. The Morgan fingerprint density at radius 1 is 1.39 bits per heavy atom. The van der Waals surface area contributed by atoms with Gasteiger partial charge in [0, 0.05) is 6.54 Å². The lowest BCUT2D eigenvalue weighted by Crippen LogP contribution is -2.52. The molecule has 128 valence electrons. The lowest BCUT2D eigenvalue weighted by atomic mass is 9.83. The van der Waals surface area contributed by atoms with E-state index in [0.717, 1.165) is 13.0 Å². The van der Waals surface area contributed by atoms with Crippen molar-refractivity contribution < 1.29 is 14.6 Å². The maximum atomic E-state index is 12.0. The molecule has 0 saturated carbocycles. The van der Waals surface area contributed by atoms with Crippen LogP contribution in [0.15, 0.2) is 18.2 Å². The number of aryl methyl sites for hydroxylation is 1. The zero-order valence-electron chi connectivity index (χ0n) is 14.9. The number of aliphatic hydroxyl groups is 1. The molecule has 1 aliphatic heterocycles. The van der Waals surface area contributed by atoms with Gasteiger partial charge in [0.25, 0.3) is 0 Å². The average Bonchev–Trinajstić information content (AvgIpc) is 2.45. The van der Waals surface area contributed by atoms with E-state index in [4.69, 9.17) is 4.74 Å². The molecule has 1 fully saturated rings. The molecule has 2 atom stereocenters. The minimum atomic E-state index is -0.647. The Labute approximate surface area is 139 Å². The summed E-state index contributed by atoms with van der Waals surface area (Å²) < 4.78 is 4.87. The van der Waals surface area contributed by atoms with Gasteiger partial charge in [-0.2, -0.15) is 0 Å². The summed E-state index contributed by atoms with van der Waals surface area (Å²) in [5, 5.41) is 10.2. The maximum absolute atomic E-state index is 12.0. The fraction of sp³-hybridized carbons (Fsp3) is 0.632. The van der Waals surface area contributed by atoms with Crippen molar-refractivity contribution in [2.24, 2.45) is 0 Å². The van der Waals surface area contributed by atoms with Crippen LogP contribution in [0.1, 0.15) is 50.3 Å². The summed E-state index contributed by atoms with van der Waals surface area (Å²) >= 11 is 0. The number of hydrogen-bond acceptors (Lipinski definition) is 4. The van der Waals surface area contributed by atoms with Crippen LogP contribution in [0.3, 0.4) is 0 Å². The maximum Gasteiger partial charge on any atom is 0.325 e. The summed E-state index contributed by atoms with van der Waals surface area (Å²) in [6, 6.07) is 5.94. The number of benzene rings is 1. The third-order valence-corrected chi connectivity index (χ3v) is 4.63. The minimum Gasteiger partial charge on any atom is -0.468 e. The van der Waals surface area contributed by atoms with Crippen LogP contribution in [0, 0.1) is 6.92 Å². The van der Waals surface area contributed by atoms with Crippen molar-refractivity contribution in [2.45, 2.75) is 64.6 Å². The standard InChI is InChI=1S/C19H29NO3/c1-13-11-14(8-9-15(13)19(2,3)4)12-20-10-6-7-16(21)17(20)18(22)23-5/h8-9,11,16-17,21H,6-7,10,12H2,1-5H3/t16-,17-/m1/s1. The van der Waals surface area contributed by atoms with Gasteiger partial charge >= 0.3 is 5.97 Å². The first-order chi connectivity index (χ1) is 10.7. The second-order valence-corrected chi connectivity index (χ2v) is 7.55. The van der Waals surface area contributed by atoms with Crippen molar-refractivity contribution in [3.05, 3.63) is 34.9 Å². The third kappa shape index (κ3) is 4.12. The zero-order valence-corrected chi connectivity index (χ0v) is 14.9. The molecule has 0 spiro atoms. The molecule has 0 radical (unpaired) electrons. The number of rotatable bonds is 3. The second-order valence-electron chi connectivity index (χ2n) is 7.55. The lowest BCUT2D eigenvalue weighted by molar-refractivity contribution is -0.154. The number of ether oxygens (including phenoxy) is 1. The van der Waals surface area contributed by atoms with Crippen molar-refractivity contribution >= 4 is 5.97 Å². The van der Waals surface area contributed by atoms with Crippen LogP contribution in [0.5, 0.6) is 0 Å². The SMILES string of the molecule is COC(=O)[C@H]1[C@H](O)CCCN1Cc1ccc(C(C)(C)C)c(C)c1. The molecular weight excluding hydrogens is 290 g/mol. The number of methoxy groups -OCH3 is 1. The van der Waals surface area contributed by atoms with Gasteiger partial charge < -0.3 is 9.84 Å². The van der Waals surface area contributed by atoms with E-state index in [0.29, 0.717) is 13.0 Å². The van der Waals surface area contributed by atoms with Crippen LogP contribution >= 0.6 is 0 Å². The second kappa shape index (κ2) is 7.02. The predicted molar refractivity (Wildman–Crippen MR) is 91.3 cm³/mol. The van der Waals surface area contributed by atoms with Gasteiger partial charge in [-0.15, -0.1) is 0 Å². The third-order valence-electron chi connectivity index (χ3n) is 4.63. The van der Waals surface area contributed by atoms with Gasteiger partial charge in [0.1, 0.15) is 6.04 Å².